The van der Waals surface area contributed by atoms with Gasteiger partial charge in [0.25, 0.3) is 11.1 Å². The van der Waals surface area contributed by atoms with E-state index in [1.165, 1.54) is 4.90 Å². The SMILES string of the molecule is COc1cc(/C=C2\SC(=O)N(CCOc3cccc(C)c3)C2=O)ccc1OCc1ccc(Cl)cc1. The van der Waals surface area contributed by atoms with Crippen LogP contribution in [-0.2, 0) is 11.4 Å². The Morgan fingerprint density at radius 3 is 2.51 bits per heavy atom. The summed E-state index contributed by atoms with van der Waals surface area (Å²) in [6.07, 6.45) is 1.68. The van der Waals surface area contributed by atoms with Gasteiger partial charge in [0.05, 0.1) is 18.6 Å². The molecule has 3 aromatic carbocycles. The monoisotopic (exact) mass is 509 g/mol. The molecule has 35 heavy (non-hydrogen) atoms. The number of carbonyl (C=O) groups excluding carboxylic acids is 2. The third-order valence-electron chi connectivity index (χ3n) is 5.24. The Morgan fingerprint density at radius 2 is 1.77 bits per heavy atom. The van der Waals surface area contributed by atoms with Crippen molar-refractivity contribution in [2.75, 3.05) is 20.3 Å². The molecule has 0 aliphatic carbocycles. The molecule has 0 spiro atoms. The second kappa shape index (κ2) is 11.3. The quantitative estimate of drug-likeness (QED) is 0.313. The highest BCUT2D eigenvalue weighted by Gasteiger charge is 2.34. The van der Waals surface area contributed by atoms with Crippen LogP contribution in [0.4, 0.5) is 4.79 Å². The summed E-state index contributed by atoms with van der Waals surface area (Å²) in [6.45, 7) is 2.73. The normalized spacial score (nSPS) is 14.5. The van der Waals surface area contributed by atoms with Gasteiger partial charge in [0.1, 0.15) is 19.0 Å². The van der Waals surface area contributed by atoms with Gasteiger partial charge in [-0.1, -0.05) is 41.9 Å². The molecule has 1 saturated heterocycles. The minimum Gasteiger partial charge on any atom is -0.493 e. The van der Waals surface area contributed by atoms with E-state index in [4.69, 9.17) is 25.8 Å². The molecule has 0 N–H and O–H groups in total. The van der Waals surface area contributed by atoms with Crippen molar-refractivity contribution in [2.24, 2.45) is 0 Å². The Kier molecular flexibility index (Phi) is 8.00. The summed E-state index contributed by atoms with van der Waals surface area (Å²) >= 11 is 6.84. The molecule has 2 amide bonds. The van der Waals surface area contributed by atoms with Crippen LogP contribution in [0.2, 0.25) is 5.02 Å². The highest BCUT2D eigenvalue weighted by atomic mass is 35.5. The number of amides is 2. The minimum atomic E-state index is -0.338. The standard InChI is InChI=1S/C27H24ClNO5S/c1-18-4-3-5-22(14-18)33-13-12-29-26(30)25(35-27(29)31)16-20-8-11-23(24(15-20)32-2)34-17-19-6-9-21(28)10-7-19/h3-11,14-16H,12-13,17H2,1-2H3/b25-16-. The van der Waals surface area contributed by atoms with Gasteiger partial charge in [-0.25, -0.2) is 0 Å². The lowest BCUT2D eigenvalue weighted by atomic mass is 10.1. The summed E-state index contributed by atoms with van der Waals surface area (Å²) in [7, 11) is 1.55. The molecule has 0 atom stereocenters. The molecule has 3 aromatic rings. The number of halogens is 1. The number of ether oxygens (including phenoxy) is 3. The van der Waals surface area contributed by atoms with E-state index < -0.39 is 0 Å². The number of hydrogen-bond acceptors (Lipinski definition) is 6. The topological polar surface area (TPSA) is 65.1 Å². The Labute approximate surface area is 213 Å². The predicted octanol–water partition coefficient (Wildman–Crippen LogP) is 6.35. The Hall–Kier alpha value is -3.42. The van der Waals surface area contributed by atoms with Crippen LogP contribution in [0.25, 0.3) is 6.08 Å². The number of carbonyl (C=O) groups is 2. The van der Waals surface area contributed by atoms with Crippen molar-refractivity contribution in [3.05, 3.63) is 93.3 Å². The summed E-state index contributed by atoms with van der Waals surface area (Å²) in [4.78, 5) is 26.8. The highest BCUT2D eigenvalue weighted by molar-refractivity contribution is 8.18. The second-order valence-corrected chi connectivity index (χ2v) is 9.25. The summed E-state index contributed by atoms with van der Waals surface area (Å²) in [5.41, 5.74) is 2.77. The average molecular weight is 510 g/mol. The van der Waals surface area contributed by atoms with Gasteiger partial charge in [0.15, 0.2) is 11.5 Å². The van der Waals surface area contributed by atoms with Gasteiger partial charge < -0.3 is 14.2 Å². The van der Waals surface area contributed by atoms with Crippen LogP contribution >= 0.6 is 23.4 Å². The summed E-state index contributed by atoms with van der Waals surface area (Å²) < 4.78 is 17.0. The van der Waals surface area contributed by atoms with E-state index in [2.05, 4.69) is 0 Å². The van der Waals surface area contributed by atoms with Crippen molar-refractivity contribution in [3.63, 3.8) is 0 Å². The third kappa shape index (κ3) is 6.38. The Balaban J connectivity index is 1.39. The largest absolute Gasteiger partial charge is 0.493 e. The molecule has 0 unspecified atom stereocenters. The molecule has 0 saturated carbocycles. The van der Waals surface area contributed by atoms with E-state index >= 15 is 0 Å². The molecule has 0 aromatic heterocycles. The number of rotatable bonds is 9. The van der Waals surface area contributed by atoms with Crippen LogP contribution in [0.15, 0.2) is 71.6 Å². The Bertz CT molecular complexity index is 1260. The van der Waals surface area contributed by atoms with Crippen LogP contribution in [0.3, 0.4) is 0 Å². The summed E-state index contributed by atoms with van der Waals surface area (Å²) in [5, 5.41) is 0.350. The summed E-state index contributed by atoms with van der Waals surface area (Å²) in [6, 6.07) is 20.4. The number of benzene rings is 3. The first-order valence-corrected chi connectivity index (χ1v) is 12.1. The number of hydrogen-bond donors (Lipinski definition) is 0. The van der Waals surface area contributed by atoms with Crippen LogP contribution in [-0.4, -0.2) is 36.3 Å². The molecule has 8 heteroatoms. The fourth-order valence-corrected chi connectivity index (χ4v) is 4.43. The average Bonchev–Trinajstić information content (AvgIpc) is 3.11. The molecule has 1 heterocycles. The van der Waals surface area contributed by atoms with E-state index in [0.717, 1.165) is 28.5 Å². The van der Waals surface area contributed by atoms with E-state index in [0.29, 0.717) is 33.8 Å². The van der Waals surface area contributed by atoms with Gasteiger partial charge in [-0.3, -0.25) is 14.5 Å². The first-order chi connectivity index (χ1) is 16.9. The van der Waals surface area contributed by atoms with Gasteiger partial charge in [-0.2, -0.15) is 0 Å². The molecule has 6 nitrogen and oxygen atoms in total. The molecule has 1 aliphatic heterocycles. The lowest BCUT2D eigenvalue weighted by Crippen LogP contribution is -2.32. The molecule has 1 aliphatic rings. The third-order valence-corrected chi connectivity index (χ3v) is 6.40. The maximum Gasteiger partial charge on any atom is 0.293 e. The van der Waals surface area contributed by atoms with Gasteiger partial charge in [-0.05, 0) is 77.9 Å². The second-order valence-electron chi connectivity index (χ2n) is 7.82. The van der Waals surface area contributed by atoms with Crippen molar-refractivity contribution in [2.45, 2.75) is 13.5 Å². The lowest BCUT2D eigenvalue weighted by Gasteiger charge is -2.13. The number of methoxy groups -OCH3 is 1. The molecule has 180 valence electrons. The molecular weight excluding hydrogens is 486 g/mol. The van der Waals surface area contributed by atoms with Crippen molar-refractivity contribution >= 4 is 40.6 Å². The smallest absolute Gasteiger partial charge is 0.293 e. The van der Waals surface area contributed by atoms with E-state index in [1.54, 1.807) is 25.3 Å². The first kappa shape index (κ1) is 24.7. The van der Waals surface area contributed by atoms with Crippen molar-refractivity contribution in [3.8, 4) is 17.2 Å². The van der Waals surface area contributed by atoms with Gasteiger partial charge in [0, 0.05) is 5.02 Å². The molecule has 0 radical (unpaired) electrons. The zero-order valence-corrected chi connectivity index (χ0v) is 20.9. The minimum absolute atomic E-state index is 0.177. The van der Waals surface area contributed by atoms with Crippen LogP contribution in [0.5, 0.6) is 17.2 Å². The fraction of sp³-hybridized carbons (Fsp3) is 0.185. The lowest BCUT2D eigenvalue weighted by molar-refractivity contribution is -0.123. The van der Waals surface area contributed by atoms with E-state index in [1.807, 2.05) is 61.5 Å². The fourth-order valence-electron chi connectivity index (χ4n) is 3.44. The van der Waals surface area contributed by atoms with E-state index in [-0.39, 0.29) is 24.3 Å². The zero-order chi connectivity index (χ0) is 24.8. The van der Waals surface area contributed by atoms with Crippen LogP contribution < -0.4 is 14.2 Å². The van der Waals surface area contributed by atoms with Crippen molar-refractivity contribution in [1.82, 2.24) is 4.90 Å². The number of imide groups is 1. The van der Waals surface area contributed by atoms with Gasteiger partial charge in [0.2, 0.25) is 0 Å². The number of nitrogens with zero attached hydrogens (tertiary/aromatic N) is 1. The van der Waals surface area contributed by atoms with E-state index in [9.17, 15) is 9.59 Å². The molecule has 4 rings (SSSR count). The van der Waals surface area contributed by atoms with Gasteiger partial charge in [-0.15, -0.1) is 0 Å². The highest BCUT2D eigenvalue weighted by Crippen LogP contribution is 2.34. The number of thioether (sulfide) groups is 1. The number of aryl methyl sites for hydroxylation is 1. The summed E-state index contributed by atoms with van der Waals surface area (Å²) in [5.74, 6) is 1.47. The predicted molar refractivity (Wildman–Crippen MR) is 138 cm³/mol. The zero-order valence-electron chi connectivity index (χ0n) is 19.3. The molecular formula is C27H24ClNO5S. The van der Waals surface area contributed by atoms with Gasteiger partial charge >= 0.3 is 0 Å². The Morgan fingerprint density at radius 1 is 0.971 bits per heavy atom. The first-order valence-electron chi connectivity index (χ1n) is 10.9. The molecule has 0 bridgehead atoms. The molecule has 1 fully saturated rings. The van der Waals surface area contributed by atoms with Crippen LogP contribution in [0, 0.1) is 6.92 Å². The van der Waals surface area contributed by atoms with Crippen LogP contribution in [0.1, 0.15) is 16.7 Å². The maximum atomic E-state index is 12.8. The van der Waals surface area contributed by atoms with Crippen molar-refractivity contribution in [1.29, 1.82) is 0 Å². The maximum absolute atomic E-state index is 12.8. The van der Waals surface area contributed by atoms with Crippen molar-refractivity contribution < 1.29 is 23.8 Å².